The van der Waals surface area contributed by atoms with E-state index in [2.05, 4.69) is 21.7 Å². The smallest absolute Gasteiger partial charge is 0.273 e. The summed E-state index contributed by atoms with van der Waals surface area (Å²) in [6.45, 7) is 4.65. The fraction of sp³-hybridized carbons (Fsp3) is 0.462. The molecule has 2 amide bonds. The summed E-state index contributed by atoms with van der Waals surface area (Å²) in [5.41, 5.74) is 3.52. The van der Waals surface area contributed by atoms with Gasteiger partial charge in [0.05, 0.1) is 29.6 Å². The van der Waals surface area contributed by atoms with Gasteiger partial charge in [0.25, 0.3) is 5.91 Å². The summed E-state index contributed by atoms with van der Waals surface area (Å²) in [6, 6.07) is 7.24. The van der Waals surface area contributed by atoms with Crippen molar-refractivity contribution in [2.24, 2.45) is 18.9 Å². The van der Waals surface area contributed by atoms with Crippen molar-refractivity contribution in [1.29, 1.82) is 5.26 Å². The highest BCUT2D eigenvalue weighted by Gasteiger charge is 2.53. The summed E-state index contributed by atoms with van der Waals surface area (Å²) in [7, 11) is 1.92. The van der Waals surface area contributed by atoms with Crippen LogP contribution < -0.4 is 10.2 Å². The van der Waals surface area contributed by atoms with E-state index in [0.29, 0.717) is 22.5 Å². The second-order valence-electron chi connectivity index (χ2n) is 10.4. The van der Waals surface area contributed by atoms with Crippen LogP contribution in [-0.2, 0) is 11.8 Å². The van der Waals surface area contributed by atoms with Gasteiger partial charge >= 0.3 is 0 Å². The van der Waals surface area contributed by atoms with E-state index in [1.807, 2.05) is 31.5 Å². The van der Waals surface area contributed by atoms with Crippen LogP contribution in [0.4, 0.5) is 5.95 Å². The minimum Gasteiger partial charge on any atom is -0.348 e. The number of halogens is 1. The molecule has 10 nitrogen and oxygen atoms in total. The molecule has 0 unspecified atom stereocenters. The molecule has 1 aromatic carbocycles. The zero-order valence-corrected chi connectivity index (χ0v) is 21.6. The molecule has 190 valence electrons. The standard InChI is InChI=1S/C26H27ClN8O2/c1-13-23(30-26(33(13)3)34-11-17-8-21(17)25(34)37)14(2)35-12-22(31-32-35)24(36)29-19-6-16(7-19)20-9-18(27)5-4-15(20)10-28/h4-5,9,12,14,16-17,19,21H,6-8,11H2,1-3H3,(H,29,36)/t14-,16?,17-,19?,21-/m1/s1. The number of piperidine rings is 1. The first-order chi connectivity index (χ1) is 17.7. The Bertz CT molecular complexity index is 1460. The molecule has 37 heavy (non-hydrogen) atoms. The Hall–Kier alpha value is -3.71. The van der Waals surface area contributed by atoms with Crippen LogP contribution in [0.15, 0.2) is 24.4 Å². The first kappa shape index (κ1) is 23.7. The number of imidazole rings is 1. The van der Waals surface area contributed by atoms with Gasteiger partial charge in [0.15, 0.2) is 5.69 Å². The maximum Gasteiger partial charge on any atom is 0.273 e. The Kier molecular flexibility index (Phi) is 5.57. The number of amides is 2. The molecule has 0 radical (unpaired) electrons. The van der Waals surface area contributed by atoms with Crippen molar-refractivity contribution >= 4 is 29.4 Å². The fourth-order valence-corrected chi connectivity index (χ4v) is 5.78. The number of hydrogen-bond donors (Lipinski definition) is 1. The van der Waals surface area contributed by atoms with Crippen LogP contribution in [0, 0.1) is 30.1 Å². The number of carbonyl (C=O) groups excluding carboxylic acids is 2. The van der Waals surface area contributed by atoms with E-state index in [1.54, 1.807) is 27.9 Å². The molecule has 3 fully saturated rings. The zero-order valence-electron chi connectivity index (χ0n) is 20.8. The van der Waals surface area contributed by atoms with Crippen LogP contribution >= 0.6 is 11.6 Å². The van der Waals surface area contributed by atoms with Crippen LogP contribution in [0.25, 0.3) is 0 Å². The van der Waals surface area contributed by atoms with Gasteiger partial charge in [-0.25, -0.2) is 9.67 Å². The average molecular weight is 519 g/mol. The number of hydrogen-bond acceptors (Lipinski definition) is 6. The van der Waals surface area contributed by atoms with Gasteiger partial charge in [0, 0.05) is 36.3 Å². The molecule has 2 aromatic heterocycles. The van der Waals surface area contributed by atoms with Crippen LogP contribution in [-0.4, -0.2) is 48.9 Å². The van der Waals surface area contributed by atoms with Gasteiger partial charge in [-0.2, -0.15) is 5.26 Å². The van der Waals surface area contributed by atoms with Crippen molar-refractivity contribution in [2.45, 2.75) is 51.1 Å². The number of benzene rings is 1. The van der Waals surface area contributed by atoms with Crippen LogP contribution in [0.5, 0.6) is 0 Å². The van der Waals surface area contributed by atoms with Crippen LogP contribution in [0.1, 0.15) is 71.1 Å². The van der Waals surface area contributed by atoms with Gasteiger partial charge < -0.3 is 9.88 Å². The summed E-state index contributed by atoms with van der Waals surface area (Å²) >= 11 is 6.12. The van der Waals surface area contributed by atoms with Crippen molar-refractivity contribution in [3.8, 4) is 6.07 Å². The molecule has 0 bridgehead atoms. The molecule has 6 rings (SSSR count). The van der Waals surface area contributed by atoms with Crippen molar-refractivity contribution in [3.63, 3.8) is 0 Å². The molecule has 1 aliphatic heterocycles. The maximum atomic E-state index is 12.8. The third-order valence-electron chi connectivity index (χ3n) is 8.14. The monoisotopic (exact) mass is 518 g/mol. The van der Waals surface area contributed by atoms with Crippen molar-refractivity contribution < 1.29 is 9.59 Å². The van der Waals surface area contributed by atoms with Gasteiger partial charge in [0.1, 0.15) is 0 Å². The maximum absolute atomic E-state index is 12.8. The van der Waals surface area contributed by atoms with E-state index in [9.17, 15) is 14.9 Å². The fourth-order valence-electron chi connectivity index (χ4n) is 5.60. The number of nitriles is 1. The Morgan fingerprint density at radius 2 is 2.08 bits per heavy atom. The highest BCUT2D eigenvalue weighted by Crippen LogP contribution is 2.47. The summed E-state index contributed by atoms with van der Waals surface area (Å²) in [5.74, 6) is 1.35. The minimum absolute atomic E-state index is 0.00426. The average Bonchev–Trinajstić information content (AvgIpc) is 3.17. The number of fused-ring (bicyclic) bond motifs is 1. The number of aromatic nitrogens is 5. The molecular weight excluding hydrogens is 492 g/mol. The quantitative estimate of drug-likeness (QED) is 0.535. The summed E-state index contributed by atoms with van der Waals surface area (Å²) in [4.78, 5) is 32.0. The third kappa shape index (κ3) is 3.98. The molecule has 3 aromatic rings. The largest absolute Gasteiger partial charge is 0.348 e. The SMILES string of the molecule is Cc1c([C@@H](C)n2cc(C(=O)NC3CC(c4cc(Cl)ccc4C#N)C3)nn2)nc(N2C[C@H]3C[C@H]3C2=O)n1C. The van der Waals surface area contributed by atoms with E-state index in [0.717, 1.165) is 42.8 Å². The number of carbonyl (C=O) groups is 2. The zero-order chi connectivity index (χ0) is 26.0. The summed E-state index contributed by atoms with van der Waals surface area (Å²) in [6.07, 6.45) is 4.09. The highest BCUT2D eigenvalue weighted by atomic mass is 35.5. The summed E-state index contributed by atoms with van der Waals surface area (Å²) in [5, 5.41) is 21.3. The Balaban J connectivity index is 1.11. The molecule has 3 atom stereocenters. The van der Waals surface area contributed by atoms with Crippen LogP contribution in [0.3, 0.4) is 0 Å². The second-order valence-corrected chi connectivity index (χ2v) is 10.9. The lowest BCUT2D eigenvalue weighted by Crippen LogP contribution is -2.43. The lowest BCUT2D eigenvalue weighted by molar-refractivity contribution is -0.118. The van der Waals surface area contributed by atoms with E-state index in [1.165, 1.54) is 0 Å². The minimum atomic E-state index is -0.283. The number of nitrogens with zero attached hydrogens (tertiary/aromatic N) is 7. The second kappa shape index (κ2) is 8.70. The molecule has 1 saturated heterocycles. The molecule has 3 heterocycles. The highest BCUT2D eigenvalue weighted by molar-refractivity contribution is 6.30. The van der Waals surface area contributed by atoms with Crippen molar-refractivity contribution in [1.82, 2.24) is 29.9 Å². The van der Waals surface area contributed by atoms with E-state index >= 15 is 0 Å². The first-order valence-electron chi connectivity index (χ1n) is 12.5. The number of nitrogens with one attached hydrogen (secondary N) is 1. The van der Waals surface area contributed by atoms with E-state index < -0.39 is 0 Å². The van der Waals surface area contributed by atoms with Crippen molar-refractivity contribution in [2.75, 3.05) is 11.4 Å². The number of rotatable bonds is 6. The van der Waals surface area contributed by atoms with Gasteiger partial charge in [0.2, 0.25) is 11.9 Å². The molecule has 0 spiro atoms. The molecule has 3 aliphatic rings. The molecule has 2 saturated carbocycles. The Morgan fingerprint density at radius 3 is 2.78 bits per heavy atom. The summed E-state index contributed by atoms with van der Waals surface area (Å²) < 4.78 is 3.58. The van der Waals surface area contributed by atoms with E-state index in [-0.39, 0.29) is 41.4 Å². The third-order valence-corrected chi connectivity index (χ3v) is 8.38. The molecule has 1 N–H and O–H groups in total. The molecule has 11 heteroatoms. The van der Waals surface area contributed by atoms with Crippen molar-refractivity contribution in [3.05, 3.63) is 57.6 Å². The first-order valence-corrected chi connectivity index (χ1v) is 12.9. The predicted molar refractivity (Wildman–Crippen MR) is 135 cm³/mol. The topological polar surface area (TPSA) is 122 Å². The number of anilines is 1. The van der Waals surface area contributed by atoms with Gasteiger partial charge in [-0.3, -0.25) is 14.5 Å². The van der Waals surface area contributed by atoms with Crippen LogP contribution in [0.2, 0.25) is 5.02 Å². The molecule has 2 aliphatic carbocycles. The normalized spacial score (nSPS) is 24.8. The van der Waals surface area contributed by atoms with Gasteiger partial charge in [-0.05, 0) is 68.7 Å². The predicted octanol–water partition coefficient (Wildman–Crippen LogP) is 3.11. The van der Waals surface area contributed by atoms with Gasteiger partial charge in [-0.1, -0.05) is 16.8 Å². The molecular formula is C26H27ClN8O2. The Morgan fingerprint density at radius 1 is 1.30 bits per heavy atom. The Labute approximate surface area is 219 Å². The lowest BCUT2D eigenvalue weighted by atomic mass is 9.74. The van der Waals surface area contributed by atoms with Gasteiger partial charge in [-0.15, -0.1) is 5.10 Å². The lowest BCUT2D eigenvalue weighted by Gasteiger charge is -2.36. The van der Waals surface area contributed by atoms with E-state index in [4.69, 9.17) is 16.6 Å².